The van der Waals surface area contributed by atoms with Crippen molar-refractivity contribution in [3.63, 3.8) is 0 Å². The smallest absolute Gasteiger partial charge is 0.356 e. The average Bonchev–Trinajstić information content (AvgIpc) is 3.05. The van der Waals surface area contributed by atoms with Crippen LogP contribution in [0.15, 0.2) is 45.5 Å². The number of hydrogen-bond donors (Lipinski definition) is 0. The number of carbonyl (C=O) groups excluding carboxylic acids is 2. The molecule has 2 atom stereocenters. The predicted molar refractivity (Wildman–Crippen MR) is 98.6 cm³/mol. The standard InChI is InChI=1S/C20H13BrF2O5/c1-9-8-27-14-6-5-12-16(15(9)14)28-18(11-4-3-10(22)7-13(11)21)20(23,17(12)24)19(25)26-2/h3-8,18H,1-2H3. The summed E-state index contributed by atoms with van der Waals surface area (Å²) in [5.74, 6) is -2.96. The second kappa shape index (κ2) is 6.41. The second-order valence-electron chi connectivity index (χ2n) is 6.43. The van der Waals surface area contributed by atoms with Crippen molar-refractivity contribution in [1.82, 2.24) is 0 Å². The fourth-order valence-electron chi connectivity index (χ4n) is 3.40. The highest BCUT2D eigenvalue weighted by atomic mass is 79.9. The highest BCUT2D eigenvalue weighted by molar-refractivity contribution is 9.10. The fourth-order valence-corrected chi connectivity index (χ4v) is 3.96. The molecular formula is C20H13BrF2O5. The largest absolute Gasteiger partial charge is 0.480 e. The molecule has 0 amide bonds. The molecule has 5 nitrogen and oxygen atoms in total. The predicted octanol–water partition coefficient (Wildman–Crippen LogP) is 4.84. The number of methoxy groups -OCH3 is 1. The van der Waals surface area contributed by atoms with Gasteiger partial charge in [0.1, 0.15) is 17.1 Å². The lowest BCUT2D eigenvalue weighted by molar-refractivity contribution is -0.157. The summed E-state index contributed by atoms with van der Waals surface area (Å²) in [5.41, 5.74) is -2.02. The minimum atomic E-state index is -3.15. The molecule has 0 saturated carbocycles. The summed E-state index contributed by atoms with van der Waals surface area (Å²) in [5, 5.41) is 0.501. The molecular weight excluding hydrogens is 438 g/mol. The van der Waals surface area contributed by atoms with Crippen LogP contribution in [0, 0.1) is 12.7 Å². The zero-order chi connectivity index (χ0) is 20.2. The molecule has 28 heavy (non-hydrogen) atoms. The Kier molecular flexibility index (Phi) is 4.26. The van der Waals surface area contributed by atoms with Crippen LogP contribution in [0.1, 0.15) is 27.6 Å². The van der Waals surface area contributed by atoms with Gasteiger partial charge in [0.25, 0.3) is 0 Å². The van der Waals surface area contributed by atoms with E-state index in [4.69, 9.17) is 9.15 Å². The van der Waals surface area contributed by atoms with Crippen LogP contribution in [0.4, 0.5) is 8.78 Å². The highest BCUT2D eigenvalue weighted by Gasteiger charge is 2.60. The maximum atomic E-state index is 16.0. The van der Waals surface area contributed by atoms with E-state index in [1.807, 2.05) is 0 Å². The van der Waals surface area contributed by atoms with Gasteiger partial charge in [-0.1, -0.05) is 22.0 Å². The number of halogens is 3. The summed E-state index contributed by atoms with van der Waals surface area (Å²) in [6.45, 7) is 1.75. The third-order valence-electron chi connectivity index (χ3n) is 4.78. The monoisotopic (exact) mass is 450 g/mol. The molecule has 2 aromatic carbocycles. The quantitative estimate of drug-likeness (QED) is 0.412. The van der Waals surface area contributed by atoms with Crippen molar-refractivity contribution in [2.45, 2.75) is 18.7 Å². The van der Waals surface area contributed by atoms with Gasteiger partial charge in [-0.2, -0.15) is 0 Å². The minimum absolute atomic E-state index is 0.0893. The minimum Gasteiger partial charge on any atom is -0.480 e. The van der Waals surface area contributed by atoms with E-state index in [1.165, 1.54) is 24.5 Å². The maximum absolute atomic E-state index is 16.0. The molecule has 0 N–H and O–H groups in total. The summed E-state index contributed by atoms with van der Waals surface area (Å²) in [6.07, 6.45) is -0.200. The fraction of sp³-hybridized carbons (Fsp3) is 0.200. The first-order chi connectivity index (χ1) is 13.3. The number of fused-ring (bicyclic) bond motifs is 3. The Morgan fingerprint density at radius 3 is 2.71 bits per heavy atom. The lowest BCUT2D eigenvalue weighted by Gasteiger charge is -2.36. The van der Waals surface area contributed by atoms with Gasteiger partial charge in [0.15, 0.2) is 6.10 Å². The lowest BCUT2D eigenvalue weighted by Crippen LogP contribution is -2.53. The first kappa shape index (κ1) is 18.6. The van der Waals surface area contributed by atoms with Gasteiger partial charge in [-0.15, -0.1) is 0 Å². The van der Waals surface area contributed by atoms with Crippen molar-refractivity contribution in [2.75, 3.05) is 7.11 Å². The van der Waals surface area contributed by atoms with Crippen LogP contribution in [0.5, 0.6) is 5.75 Å². The summed E-state index contributed by atoms with van der Waals surface area (Å²) < 4.78 is 45.6. The van der Waals surface area contributed by atoms with Crippen LogP contribution >= 0.6 is 15.9 Å². The molecule has 0 aliphatic carbocycles. The maximum Gasteiger partial charge on any atom is 0.356 e. The van der Waals surface area contributed by atoms with Crippen molar-refractivity contribution in [2.24, 2.45) is 0 Å². The summed E-state index contributed by atoms with van der Waals surface area (Å²) in [7, 11) is 0.979. The van der Waals surface area contributed by atoms with Gasteiger partial charge in [-0.3, -0.25) is 4.79 Å². The van der Waals surface area contributed by atoms with Crippen molar-refractivity contribution in [3.8, 4) is 5.75 Å². The van der Waals surface area contributed by atoms with E-state index >= 15 is 4.39 Å². The first-order valence-electron chi connectivity index (χ1n) is 8.23. The molecule has 2 unspecified atom stereocenters. The van der Waals surface area contributed by atoms with Crippen molar-refractivity contribution >= 4 is 38.7 Å². The van der Waals surface area contributed by atoms with E-state index in [-0.39, 0.29) is 21.3 Å². The van der Waals surface area contributed by atoms with Crippen LogP contribution in [0.2, 0.25) is 0 Å². The molecule has 0 bridgehead atoms. The molecule has 3 aromatic rings. The molecule has 144 valence electrons. The molecule has 0 spiro atoms. The lowest BCUT2D eigenvalue weighted by atomic mass is 9.82. The van der Waals surface area contributed by atoms with Crippen LogP contribution in [0.3, 0.4) is 0 Å². The normalized spacial score (nSPS) is 21.3. The molecule has 1 aliphatic heterocycles. The molecule has 8 heteroatoms. The van der Waals surface area contributed by atoms with Gasteiger partial charge in [0, 0.05) is 10.0 Å². The van der Waals surface area contributed by atoms with Crippen molar-refractivity contribution in [3.05, 3.63) is 63.6 Å². The Morgan fingerprint density at radius 2 is 2.04 bits per heavy atom. The zero-order valence-electron chi connectivity index (χ0n) is 14.7. The number of hydrogen-bond acceptors (Lipinski definition) is 5. The van der Waals surface area contributed by atoms with Crippen LogP contribution in [-0.4, -0.2) is 24.5 Å². The molecule has 0 radical (unpaired) electrons. The zero-order valence-corrected chi connectivity index (χ0v) is 16.3. The van der Waals surface area contributed by atoms with Gasteiger partial charge in [0.2, 0.25) is 5.78 Å². The van der Waals surface area contributed by atoms with E-state index in [0.29, 0.717) is 16.5 Å². The molecule has 0 saturated heterocycles. The SMILES string of the molecule is COC(=O)C1(F)C(=O)c2ccc3occ(C)c3c2OC1c1ccc(F)cc1Br. The number of furan rings is 1. The number of ether oxygens (including phenoxy) is 2. The Labute approximate surface area is 166 Å². The highest BCUT2D eigenvalue weighted by Crippen LogP contribution is 2.49. The number of aryl methyl sites for hydroxylation is 1. The number of benzene rings is 2. The molecule has 2 heterocycles. The number of alkyl halides is 1. The summed E-state index contributed by atoms with van der Waals surface area (Å²) >= 11 is 3.15. The third kappa shape index (κ3) is 2.47. The van der Waals surface area contributed by atoms with Gasteiger partial charge in [0.05, 0.1) is 24.3 Å². The number of ketones is 1. The van der Waals surface area contributed by atoms with Crippen LogP contribution < -0.4 is 4.74 Å². The van der Waals surface area contributed by atoms with E-state index in [9.17, 15) is 14.0 Å². The van der Waals surface area contributed by atoms with Crippen LogP contribution in [-0.2, 0) is 9.53 Å². The van der Waals surface area contributed by atoms with E-state index < -0.39 is 29.3 Å². The Hall–Kier alpha value is -2.74. The van der Waals surface area contributed by atoms with Gasteiger partial charge in [-0.25, -0.2) is 13.6 Å². The van der Waals surface area contributed by atoms with Crippen molar-refractivity contribution < 1.29 is 32.3 Å². The average molecular weight is 451 g/mol. The number of Topliss-reactive ketones (excluding diaryl/α,β-unsaturated/α-hetero) is 1. The molecule has 0 fully saturated rings. The number of rotatable bonds is 2. The topological polar surface area (TPSA) is 65.7 Å². The van der Waals surface area contributed by atoms with E-state index in [0.717, 1.165) is 19.2 Å². The Morgan fingerprint density at radius 1 is 1.29 bits per heavy atom. The second-order valence-corrected chi connectivity index (χ2v) is 7.28. The van der Waals surface area contributed by atoms with Gasteiger partial charge >= 0.3 is 11.6 Å². The number of esters is 1. The summed E-state index contributed by atoms with van der Waals surface area (Å²) in [4.78, 5) is 25.4. The molecule has 1 aromatic heterocycles. The summed E-state index contributed by atoms with van der Waals surface area (Å²) in [6, 6.07) is 6.29. The third-order valence-corrected chi connectivity index (χ3v) is 5.46. The van der Waals surface area contributed by atoms with Gasteiger partial charge < -0.3 is 13.9 Å². The van der Waals surface area contributed by atoms with Crippen LogP contribution in [0.25, 0.3) is 11.0 Å². The Bertz CT molecular complexity index is 1140. The first-order valence-corrected chi connectivity index (χ1v) is 9.02. The van der Waals surface area contributed by atoms with Gasteiger partial charge in [-0.05, 0) is 36.8 Å². The molecule has 1 aliphatic rings. The van der Waals surface area contributed by atoms with Crippen molar-refractivity contribution in [1.29, 1.82) is 0 Å². The van der Waals surface area contributed by atoms with E-state index in [1.54, 1.807) is 6.92 Å². The molecule has 4 rings (SSSR count). The Balaban J connectivity index is 2.01. The number of carbonyl (C=O) groups is 2. The van der Waals surface area contributed by atoms with E-state index in [2.05, 4.69) is 20.7 Å².